The number of benzene rings is 1. The van der Waals surface area contributed by atoms with E-state index in [1.165, 1.54) is 7.11 Å². The first-order valence-corrected chi connectivity index (χ1v) is 8.94. The Hall–Kier alpha value is -2.84. The van der Waals surface area contributed by atoms with Crippen LogP contribution in [0.3, 0.4) is 0 Å². The van der Waals surface area contributed by atoms with Gasteiger partial charge in [0.2, 0.25) is 0 Å². The molecule has 2 N–H and O–H groups in total. The van der Waals surface area contributed by atoms with E-state index < -0.39 is 6.61 Å². The highest BCUT2D eigenvalue weighted by Gasteiger charge is 2.12. The first kappa shape index (κ1) is 21.5. The molecule has 0 radical (unpaired) electrons. The highest BCUT2D eigenvalue weighted by atomic mass is 19.3. The van der Waals surface area contributed by atoms with Crippen molar-refractivity contribution >= 4 is 5.96 Å². The van der Waals surface area contributed by atoms with Crippen molar-refractivity contribution in [2.75, 3.05) is 20.7 Å². The summed E-state index contributed by atoms with van der Waals surface area (Å²) in [5.74, 6) is 1.90. The third-order valence-electron chi connectivity index (χ3n) is 3.97. The number of aliphatic imine (C=N–C) groups is 1. The number of guanidine groups is 1. The van der Waals surface area contributed by atoms with E-state index in [2.05, 4.69) is 25.5 Å². The van der Waals surface area contributed by atoms with Crippen molar-refractivity contribution in [3.8, 4) is 11.5 Å². The van der Waals surface area contributed by atoms with Crippen LogP contribution in [0.15, 0.2) is 33.8 Å². The Kier molecular flexibility index (Phi) is 8.03. The predicted octanol–water partition coefficient (Wildman–Crippen LogP) is 3.32. The van der Waals surface area contributed by atoms with Gasteiger partial charge in [-0.05, 0) is 30.0 Å². The molecule has 1 aromatic heterocycles. The van der Waals surface area contributed by atoms with Crippen LogP contribution in [0.1, 0.15) is 36.8 Å². The smallest absolute Gasteiger partial charge is 0.387 e. The van der Waals surface area contributed by atoms with E-state index >= 15 is 0 Å². The molecule has 1 aromatic carbocycles. The minimum absolute atomic E-state index is 0.0174. The van der Waals surface area contributed by atoms with Gasteiger partial charge in [0.25, 0.3) is 0 Å². The van der Waals surface area contributed by atoms with Crippen molar-refractivity contribution in [3.63, 3.8) is 0 Å². The Balaban J connectivity index is 1.85. The number of alkyl halides is 2. The number of hydrogen-bond acceptors (Lipinski definition) is 5. The summed E-state index contributed by atoms with van der Waals surface area (Å²) in [7, 11) is 3.07. The average Bonchev–Trinajstić information content (AvgIpc) is 3.13. The molecule has 0 unspecified atom stereocenters. The van der Waals surface area contributed by atoms with Crippen molar-refractivity contribution in [1.82, 2.24) is 15.8 Å². The van der Waals surface area contributed by atoms with Crippen LogP contribution in [-0.4, -0.2) is 38.4 Å². The number of aromatic nitrogens is 1. The molecule has 0 spiro atoms. The average molecular weight is 396 g/mol. The van der Waals surface area contributed by atoms with Crippen molar-refractivity contribution in [2.45, 2.75) is 39.3 Å². The number of halogens is 2. The number of nitrogens with one attached hydrogen (secondary N) is 2. The maximum Gasteiger partial charge on any atom is 0.387 e. The number of ether oxygens (including phenoxy) is 2. The van der Waals surface area contributed by atoms with E-state index in [1.54, 1.807) is 25.2 Å². The van der Waals surface area contributed by atoms with Crippen molar-refractivity contribution in [2.24, 2.45) is 4.99 Å². The van der Waals surface area contributed by atoms with E-state index in [4.69, 9.17) is 9.26 Å². The second kappa shape index (κ2) is 10.5. The second-order valence-corrected chi connectivity index (χ2v) is 6.34. The van der Waals surface area contributed by atoms with E-state index in [9.17, 15) is 8.78 Å². The Morgan fingerprint density at radius 1 is 1.21 bits per heavy atom. The van der Waals surface area contributed by atoms with Gasteiger partial charge in [0.05, 0.1) is 19.3 Å². The summed E-state index contributed by atoms with van der Waals surface area (Å²) < 4.78 is 39.8. The van der Waals surface area contributed by atoms with E-state index in [-0.39, 0.29) is 11.5 Å². The van der Waals surface area contributed by atoms with Gasteiger partial charge in [0.15, 0.2) is 23.2 Å². The SMILES string of the molecule is CN=C(NCCc1ccc(OC)c(OC(F)F)c1)NCc1cc(C(C)C)no1. The molecule has 2 aromatic rings. The zero-order valence-corrected chi connectivity index (χ0v) is 16.5. The fourth-order valence-corrected chi connectivity index (χ4v) is 2.47. The van der Waals surface area contributed by atoms with Crippen LogP contribution in [-0.2, 0) is 13.0 Å². The molecule has 0 atom stereocenters. The molecule has 1 heterocycles. The molecule has 0 amide bonds. The summed E-state index contributed by atoms with van der Waals surface area (Å²) in [6.45, 7) is 2.19. The molecule has 0 saturated carbocycles. The van der Waals surface area contributed by atoms with Gasteiger partial charge in [-0.15, -0.1) is 0 Å². The largest absolute Gasteiger partial charge is 0.493 e. The first-order chi connectivity index (χ1) is 13.4. The molecular weight excluding hydrogens is 370 g/mol. The van der Waals surface area contributed by atoms with Gasteiger partial charge in [-0.25, -0.2) is 0 Å². The number of hydrogen-bond donors (Lipinski definition) is 2. The topological polar surface area (TPSA) is 80.9 Å². The van der Waals surface area contributed by atoms with Crippen LogP contribution in [0.25, 0.3) is 0 Å². The molecule has 7 nitrogen and oxygen atoms in total. The molecule has 0 aliphatic carbocycles. The van der Waals surface area contributed by atoms with Gasteiger partial charge in [-0.2, -0.15) is 8.78 Å². The standard InChI is InChI=1S/C19H26F2N4O3/c1-12(2)15-10-14(28-25-15)11-24-19(22-3)23-8-7-13-5-6-16(26-4)17(9-13)27-18(20)21/h5-6,9-10,12,18H,7-8,11H2,1-4H3,(H2,22,23,24). The van der Waals surface area contributed by atoms with Crippen molar-refractivity contribution in [1.29, 1.82) is 0 Å². The van der Waals surface area contributed by atoms with Gasteiger partial charge in [-0.3, -0.25) is 4.99 Å². The predicted molar refractivity (Wildman–Crippen MR) is 102 cm³/mol. The number of rotatable bonds is 9. The summed E-state index contributed by atoms with van der Waals surface area (Å²) in [5, 5.41) is 10.3. The Labute approximate surface area is 163 Å². The van der Waals surface area contributed by atoms with Crippen LogP contribution in [0.4, 0.5) is 8.78 Å². The molecule has 0 saturated heterocycles. The minimum atomic E-state index is -2.90. The lowest BCUT2D eigenvalue weighted by molar-refractivity contribution is -0.0512. The van der Waals surface area contributed by atoms with Gasteiger partial charge >= 0.3 is 6.61 Å². The summed E-state index contributed by atoms with van der Waals surface area (Å²) in [5.41, 5.74) is 1.73. The van der Waals surface area contributed by atoms with Crippen LogP contribution in [0.2, 0.25) is 0 Å². The third-order valence-corrected chi connectivity index (χ3v) is 3.97. The zero-order valence-electron chi connectivity index (χ0n) is 16.5. The summed E-state index contributed by atoms with van der Waals surface area (Å²) in [4.78, 5) is 4.15. The maximum absolute atomic E-state index is 12.5. The number of nitrogens with zero attached hydrogens (tertiary/aromatic N) is 2. The molecule has 9 heteroatoms. The maximum atomic E-state index is 12.5. The molecular formula is C19H26F2N4O3. The third kappa shape index (κ3) is 6.40. The highest BCUT2D eigenvalue weighted by molar-refractivity contribution is 5.79. The van der Waals surface area contributed by atoms with E-state index in [0.717, 1.165) is 17.0 Å². The van der Waals surface area contributed by atoms with Crippen molar-refractivity contribution in [3.05, 3.63) is 41.3 Å². The minimum Gasteiger partial charge on any atom is -0.493 e. The lowest BCUT2D eigenvalue weighted by Gasteiger charge is -2.13. The molecule has 0 fully saturated rings. The van der Waals surface area contributed by atoms with Gasteiger partial charge in [-0.1, -0.05) is 25.1 Å². The molecule has 28 heavy (non-hydrogen) atoms. The van der Waals surface area contributed by atoms with Crippen LogP contribution in [0, 0.1) is 0 Å². The highest BCUT2D eigenvalue weighted by Crippen LogP contribution is 2.29. The van der Waals surface area contributed by atoms with Crippen LogP contribution in [0.5, 0.6) is 11.5 Å². The second-order valence-electron chi connectivity index (χ2n) is 6.34. The zero-order chi connectivity index (χ0) is 20.5. The molecule has 154 valence electrons. The van der Waals surface area contributed by atoms with Gasteiger partial charge in [0, 0.05) is 19.7 Å². The van der Waals surface area contributed by atoms with Crippen LogP contribution >= 0.6 is 0 Å². The van der Waals surface area contributed by atoms with Gasteiger partial charge in [0.1, 0.15) is 0 Å². The molecule has 0 aliphatic rings. The quantitative estimate of drug-likeness (QED) is 0.500. The Morgan fingerprint density at radius 3 is 2.61 bits per heavy atom. The summed E-state index contributed by atoms with van der Waals surface area (Å²) >= 11 is 0. The van der Waals surface area contributed by atoms with E-state index in [0.29, 0.717) is 31.4 Å². The summed E-state index contributed by atoms with van der Waals surface area (Å²) in [6.07, 6.45) is 0.587. The molecule has 2 rings (SSSR count). The Morgan fingerprint density at radius 2 is 2.00 bits per heavy atom. The monoisotopic (exact) mass is 396 g/mol. The lowest BCUT2D eigenvalue weighted by Crippen LogP contribution is -2.37. The lowest BCUT2D eigenvalue weighted by atomic mass is 10.1. The van der Waals surface area contributed by atoms with Gasteiger partial charge < -0.3 is 24.6 Å². The normalized spacial score (nSPS) is 11.8. The number of methoxy groups -OCH3 is 1. The Bertz CT molecular complexity index is 778. The van der Waals surface area contributed by atoms with Crippen molar-refractivity contribution < 1.29 is 22.8 Å². The molecule has 0 aliphatic heterocycles. The first-order valence-electron chi connectivity index (χ1n) is 8.94. The van der Waals surface area contributed by atoms with E-state index in [1.807, 2.05) is 19.9 Å². The van der Waals surface area contributed by atoms with Crippen LogP contribution < -0.4 is 20.1 Å². The fraction of sp³-hybridized carbons (Fsp3) is 0.474. The molecule has 0 bridgehead atoms. The fourth-order valence-electron chi connectivity index (χ4n) is 2.47. The summed E-state index contributed by atoms with van der Waals surface area (Å²) in [6, 6.07) is 6.87.